The van der Waals surface area contributed by atoms with Crippen LogP contribution in [0.5, 0.6) is 0 Å². The summed E-state index contributed by atoms with van der Waals surface area (Å²) >= 11 is 0. The van der Waals surface area contributed by atoms with Gasteiger partial charge < -0.3 is 5.73 Å². The lowest BCUT2D eigenvalue weighted by Crippen LogP contribution is -1.94. The maximum Gasteiger partial charge on any atom is 0.0393 e. The zero-order valence-corrected chi connectivity index (χ0v) is 14.4. The van der Waals surface area contributed by atoms with Crippen LogP contribution in [0.4, 0.5) is 5.69 Å². The highest BCUT2D eigenvalue weighted by Gasteiger charge is 2.22. The van der Waals surface area contributed by atoms with Crippen LogP contribution >= 0.6 is 0 Å². The highest BCUT2D eigenvalue weighted by molar-refractivity contribution is 5.93. The number of benzene rings is 4. The van der Waals surface area contributed by atoms with Crippen LogP contribution in [0.15, 0.2) is 91.0 Å². The smallest absolute Gasteiger partial charge is 0.0393 e. The summed E-state index contributed by atoms with van der Waals surface area (Å²) in [6, 6.07) is 32.0. The minimum Gasteiger partial charge on any atom is -0.398 e. The van der Waals surface area contributed by atoms with Crippen molar-refractivity contribution in [3.05, 3.63) is 102 Å². The molecule has 1 heteroatoms. The van der Waals surface area contributed by atoms with Crippen LogP contribution in [0.2, 0.25) is 0 Å². The Morgan fingerprint density at radius 2 is 0.962 bits per heavy atom. The van der Waals surface area contributed by atoms with E-state index < -0.39 is 0 Å². The molecule has 1 aliphatic carbocycles. The third-order valence-corrected chi connectivity index (χ3v) is 5.32. The van der Waals surface area contributed by atoms with E-state index in [4.69, 9.17) is 5.73 Å². The van der Waals surface area contributed by atoms with E-state index in [0.717, 1.165) is 17.7 Å². The van der Waals surface area contributed by atoms with Crippen molar-refractivity contribution in [3.63, 3.8) is 0 Å². The topological polar surface area (TPSA) is 26.0 Å². The van der Waals surface area contributed by atoms with Gasteiger partial charge in [-0.3, -0.25) is 0 Å². The van der Waals surface area contributed by atoms with Gasteiger partial charge in [-0.1, -0.05) is 84.9 Å². The van der Waals surface area contributed by atoms with Crippen molar-refractivity contribution in [2.45, 2.75) is 6.42 Å². The van der Waals surface area contributed by atoms with Crippen molar-refractivity contribution in [2.24, 2.45) is 0 Å². The summed E-state index contributed by atoms with van der Waals surface area (Å²) in [6.45, 7) is 0. The van der Waals surface area contributed by atoms with Crippen LogP contribution in [-0.4, -0.2) is 0 Å². The molecule has 1 nitrogen and oxygen atoms in total. The van der Waals surface area contributed by atoms with E-state index >= 15 is 0 Å². The fourth-order valence-electron chi connectivity index (χ4n) is 4.10. The van der Waals surface area contributed by atoms with Crippen LogP contribution in [0.25, 0.3) is 33.4 Å². The van der Waals surface area contributed by atoms with Crippen molar-refractivity contribution in [1.82, 2.24) is 0 Å². The van der Waals surface area contributed by atoms with Crippen molar-refractivity contribution in [1.29, 1.82) is 0 Å². The maximum absolute atomic E-state index is 6.28. The first-order valence-electron chi connectivity index (χ1n) is 8.97. The van der Waals surface area contributed by atoms with Crippen LogP contribution in [0.1, 0.15) is 11.1 Å². The van der Waals surface area contributed by atoms with Crippen LogP contribution in [-0.2, 0) is 6.42 Å². The molecule has 4 aromatic rings. The number of fused-ring (bicyclic) bond motifs is 3. The van der Waals surface area contributed by atoms with Crippen LogP contribution in [0.3, 0.4) is 0 Å². The number of rotatable bonds is 2. The molecule has 4 aromatic carbocycles. The van der Waals surface area contributed by atoms with E-state index in [1.54, 1.807) is 0 Å². The van der Waals surface area contributed by atoms with Crippen LogP contribution < -0.4 is 5.73 Å². The SMILES string of the molecule is Nc1ccccc1-c1ccccc1-c1cccc2c1Cc1ccccc1-2. The summed E-state index contributed by atoms with van der Waals surface area (Å²) < 4.78 is 0. The lowest BCUT2D eigenvalue weighted by molar-refractivity contribution is 1.26. The Kier molecular flexibility index (Phi) is 3.39. The highest BCUT2D eigenvalue weighted by Crippen LogP contribution is 2.44. The standard InChI is InChI=1S/C25H19N/c26-25-15-6-5-12-23(25)21-11-4-3-10-20(21)22-14-7-13-19-18-9-2-1-8-17(18)16-24(19)22/h1-15H,16,26H2. The zero-order chi connectivity index (χ0) is 17.5. The molecular weight excluding hydrogens is 314 g/mol. The molecule has 0 bridgehead atoms. The fraction of sp³-hybridized carbons (Fsp3) is 0.0400. The molecule has 0 saturated heterocycles. The summed E-state index contributed by atoms with van der Waals surface area (Å²) in [5.41, 5.74) is 17.5. The van der Waals surface area contributed by atoms with E-state index in [9.17, 15) is 0 Å². The molecule has 5 rings (SSSR count). The van der Waals surface area contributed by atoms with Gasteiger partial charge in [-0.15, -0.1) is 0 Å². The Morgan fingerprint density at radius 1 is 0.462 bits per heavy atom. The molecule has 26 heavy (non-hydrogen) atoms. The number of hydrogen-bond donors (Lipinski definition) is 1. The lowest BCUT2D eigenvalue weighted by atomic mass is 9.89. The van der Waals surface area contributed by atoms with Gasteiger partial charge in [0.2, 0.25) is 0 Å². The minimum absolute atomic E-state index is 0.816. The van der Waals surface area contributed by atoms with E-state index in [0.29, 0.717) is 0 Å². The molecule has 0 radical (unpaired) electrons. The molecule has 0 amide bonds. The molecule has 0 fully saturated rings. The molecule has 0 aromatic heterocycles. The van der Waals surface area contributed by atoms with E-state index in [-0.39, 0.29) is 0 Å². The van der Waals surface area contributed by atoms with Gasteiger partial charge in [-0.25, -0.2) is 0 Å². The summed E-state index contributed by atoms with van der Waals surface area (Å²) in [7, 11) is 0. The third-order valence-electron chi connectivity index (χ3n) is 5.32. The Morgan fingerprint density at radius 3 is 1.69 bits per heavy atom. The van der Waals surface area contributed by atoms with E-state index in [2.05, 4.69) is 72.8 Å². The molecule has 0 unspecified atom stereocenters. The molecule has 0 atom stereocenters. The largest absolute Gasteiger partial charge is 0.398 e. The van der Waals surface area contributed by atoms with Gasteiger partial charge in [0, 0.05) is 11.3 Å². The molecule has 0 heterocycles. The maximum atomic E-state index is 6.28. The molecular formula is C25H19N. The van der Waals surface area contributed by atoms with Gasteiger partial charge in [-0.2, -0.15) is 0 Å². The van der Waals surface area contributed by atoms with E-state index in [1.165, 1.54) is 38.9 Å². The first-order valence-corrected chi connectivity index (χ1v) is 8.97. The quantitative estimate of drug-likeness (QED) is 0.384. The van der Waals surface area contributed by atoms with Gasteiger partial charge in [0.05, 0.1) is 0 Å². The summed E-state index contributed by atoms with van der Waals surface area (Å²) in [6.07, 6.45) is 0.986. The predicted molar refractivity (Wildman–Crippen MR) is 110 cm³/mol. The minimum atomic E-state index is 0.816. The predicted octanol–water partition coefficient (Wildman–Crippen LogP) is 6.17. The second-order valence-corrected chi connectivity index (χ2v) is 6.80. The molecule has 124 valence electrons. The molecule has 1 aliphatic rings. The number of anilines is 1. The molecule has 0 saturated carbocycles. The van der Waals surface area contributed by atoms with Gasteiger partial charge in [0.1, 0.15) is 0 Å². The highest BCUT2D eigenvalue weighted by atomic mass is 14.6. The lowest BCUT2D eigenvalue weighted by Gasteiger charge is -2.15. The third kappa shape index (κ3) is 2.25. The van der Waals surface area contributed by atoms with Crippen molar-refractivity contribution in [3.8, 4) is 33.4 Å². The summed E-state index contributed by atoms with van der Waals surface area (Å²) in [5, 5.41) is 0. The van der Waals surface area contributed by atoms with E-state index in [1.807, 2.05) is 18.2 Å². The number of para-hydroxylation sites is 1. The van der Waals surface area contributed by atoms with Crippen molar-refractivity contribution in [2.75, 3.05) is 5.73 Å². The fourth-order valence-corrected chi connectivity index (χ4v) is 4.10. The summed E-state index contributed by atoms with van der Waals surface area (Å²) in [4.78, 5) is 0. The second-order valence-electron chi connectivity index (χ2n) is 6.80. The molecule has 0 aliphatic heterocycles. The first-order chi connectivity index (χ1) is 12.8. The average Bonchev–Trinajstić information content (AvgIpc) is 3.07. The van der Waals surface area contributed by atoms with Crippen molar-refractivity contribution < 1.29 is 0 Å². The average molecular weight is 333 g/mol. The number of nitrogen functional groups attached to an aromatic ring is 1. The Bertz CT molecular complexity index is 1120. The van der Waals surface area contributed by atoms with Gasteiger partial charge >= 0.3 is 0 Å². The molecule has 0 spiro atoms. The number of hydrogen-bond acceptors (Lipinski definition) is 1. The Hall–Kier alpha value is -3.32. The normalized spacial score (nSPS) is 11.8. The summed E-state index contributed by atoms with van der Waals surface area (Å²) in [5.74, 6) is 0. The van der Waals surface area contributed by atoms with Gasteiger partial charge in [-0.05, 0) is 51.4 Å². The molecule has 2 N–H and O–H groups in total. The Balaban J connectivity index is 1.74. The van der Waals surface area contributed by atoms with Crippen LogP contribution in [0, 0.1) is 0 Å². The zero-order valence-electron chi connectivity index (χ0n) is 14.4. The van der Waals surface area contributed by atoms with Gasteiger partial charge in [0.25, 0.3) is 0 Å². The van der Waals surface area contributed by atoms with Gasteiger partial charge in [0.15, 0.2) is 0 Å². The monoisotopic (exact) mass is 333 g/mol. The van der Waals surface area contributed by atoms with Crippen molar-refractivity contribution >= 4 is 5.69 Å². The number of nitrogens with two attached hydrogens (primary N) is 1. The second kappa shape index (κ2) is 5.89. The first kappa shape index (κ1) is 15.0. The Labute approximate surface area is 153 Å².